The average Bonchev–Trinajstić information content (AvgIpc) is 2.65. The number of nitrogens with one attached hydrogen (secondary N) is 2. The molecule has 1 aromatic rings. The van der Waals surface area contributed by atoms with Crippen molar-refractivity contribution in [1.29, 1.82) is 0 Å². The van der Waals surface area contributed by atoms with Crippen molar-refractivity contribution in [2.24, 2.45) is 0 Å². The Morgan fingerprint density at radius 3 is 2.44 bits per heavy atom. The van der Waals surface area contributed by atoms with Crippen LogP contribution in [0.4, 0.5) is 0 Å². The summed E-state index contributed by atoms with van der Waals surface area (Å²) in [4.78, 5) is 14.4. The van der Waals surface area contributed by atoms with E-state index in [0.717, 1.165) is 25.1 Å². The summed E-state index contributed by atoms with van der Waals surface area (Å²) >= 11 is 0. The number of hydrogen-bond donors (Lipinski definition) is 2. The van der Waals surface area contributed by atoms with Crippen LogP contribution in [0.15, 0.2) is 12.1 Å². The lowest BCUT2D eigenvalue weighted by atomic mass is 10.1. The lowest BCUT2D eigenvalue weighted by Crippen LogP contribution is -2.47. The molecule has 2 rings (SSSR count). The summed E-state index contributed by atoms with van der Waals surface area (Å²) in [7, 11) is 6.69. The second kappa shape index (κ2) is 9.48. The van der Waals surface area contributed by atoms with Gasteiger partial charge in [0.2, 0.25) is 11.7 Å². The maximum absolute atomic E-state index is 12.3. The van der Waals surface area contributed by atoms with Gasteiger partial charge in [0.1, 0.15) is 0 Å². The lowest BCUT2D eigenvalue weighted by molar-refractivity contribution is -0.122. The highest BCUT2D eigenvalue weighted by atomic mass is 16.5. The molecule has 1 heterocycles. The molecule has 25 heavy (non-hydrogen) atoms. The molecule has 1 fully saturated rings. The summed E-state index contributed by atoms with van der Waals surface area (Å²) < 4.78 is 16.0. The quantitative estimate of drug-likeness (QED) is 0.728. The van der Waals surface area contributed by atoms with Gasteiger partial charge in [-0.15, -0.1) is 0 Å². The van der Waals surface area contributed by atoms with Gasteiger partial charge in [0.15, 0.2) is 11.5 Å². The summed E-state index contributed by atoms with van der Waals surface area (Å²) in [5.41, 5.74) is 0.898. The normalized spacial score (nSPS) is 17.8. The van der Waals surface area contributed by atoms with Crippen molar-refractivity contribution >= 4 is 5.91 Å². The van der Waals surface area contributed by atoms with E-state index in [1.54, 1.807) is 21.3 Å². The van der Waals surface area contributed by atoms with Crippen LogP contribution in [0.5, 0.6) is 17.2 Å². The number of amides is 1. The van der Waals surface area contributed by atoms with Crippen LogP contribution in [-0.2, 0) is 11.3 Å². The number of carbonyl (C=O) groups is 1. The first-order valence-electron chi connectivity index (χ1n) is 8.56. The molecule has 1 aliphatic heterocycles. The molecule has 1 aliphatic rings. The van der Waals surface area contributed by atoms with Crippen molar-refractivity contribution in [2.45, 2.75) is 25.4 Å². The van der Waals surface area contributed by atoms with E-state index in [4.69, 9.17) is 14.2 Å². The Hall–Kier alpha value is -1.99. The zero-order valence-corrected chi connectivity index (χ0v) is 15.6. The molecule has 1 atom stereocenters. The summed E-state index contributed by atoms with van der Waals surface area (Å²) in [5, 5.41) is 6.25. The zero-order valence-electron chi connectivity index (χ0n) is 15.6. The van der Waals surface area contributed by atoms with Crippen molar-refractivity contribution in [1.82, 2.24) is 15.5 Å². The number of hydrogen-bond acceptors (Lipinski definition) is 6. The van der Waals surface area contributed by atoms with Crippen molar-refractivity contribution < 1.29 is 19.0 Å². The minimum atomic E-state index is 0.0190. The molecular formula is C18H29N3O4. The molecule has 2 N–H and O–H groups in total. The number of methoxy groups -OCH3 is 3. The van der Waals surface area contributed by atoms with Crippen LogP contribution in [0, 0.1) is 0 Å². The monoisotopic (exact) mass is 351 g/mol. The van der Waals surface area contributed by atoms with Crippen LogP contribution < -0.4 is 24.8 Å². The van der Waals surface area contributed by atoms with E-state index in [1.807, 2.05) is 19.2 Å². The summed E-state index contributed by atoms with van der Waals surface area (Å²) in [5.74, 6) is 1.73. The Kier molecular flexibility index (Phi) is 7.33. The standard InChI is InChI=1S/C18H29N3O4/c1-19-14-6-5-7-21(11-14)12-17(22)20-10-13-8-15(23-2)18(25-4)16(9-13)24-3/h8-9,14,19H,5-7,10-12H2,1-4H3,(H,20,22). The first-order chi connectivity index (χ1) is 12.1. The van der Waals surface area contributed by atoms with Crippen LogP contribution in [0.3, 0.4) is 0 Å². The second-order valence-corrected chi connectivity index (χ2v) is 6.17. The zero-order chi connectivity index (χ0) is 18.2. The van der Waals surface area contributed by atoms with Crippen molar-refractivity contribution in [3.8, 4) is 17.2 Å². The molecule has 0 saturated carbocycles. The van der Waals surface area contributed by atoms with Crippen LogP contribution in [0.1, 0.15) is 18.4 Å². The molecule has 1 aromatic carbocycles. The number of nitrogens with zero attached hydrogens (tertiary/aromatic N) is 1. The fourth-order valence-corrected chi connectivity index (χ4v) is 3.13. The van der Waals surface area contributed by atoms with E-state index in [9.17, 15) is 4.79 Å². The Balaban J connectivity index is 1.93. The van der Waals surface area contributed by atoms with E-state index in [0.29, 0.717) is 36.4 Å². The molecule has 0 spiro atoms. The van der Waals surface area contributed by atoms with E-state index < -0.39 is 0 Å². The number of carbonyl (C=O) groups excluding carboxylic acids is 1. The van der Waals surface area contributed by atoms with Gasteiger partial charge in [-0.2, -0.15) is 0 Å². The van der Waals surface area contributed by atoms with Crippen molar-refractivity contribution in [3.05, 3.63) is 17.7 Å². The van der Waals surface area contributed by atoms with Gasteiger partial charge in [-0.05, 0) is 44.1 Å². The number of ether oxygens (including phenoxy) is 3. The van der Waals surface area contributed by atoms with Gasteiger partial charge >= 0.3 is 0 Å². The minimum absolute atomic E-state index is 0.0190. The highest BCUT2D eigenvalue weighted by Gasteiger charge is 2.20. The summed E-state index contributed by atoms with van der Waals surface area (Å²) in [6.45, 7) is 2.71. The van der Waals surface area contributed by atoms with E-state index >= 15 is 0 Å². The molecule has 1 saturated heterocycles. The first-order valence-corrected chi connectivity index (χ1v) is 8.56. The molecule has 140 valence electrons. The van der Waals surface area contributed by atoms with Gasteiger partial charge in [0.05, 0.1) is 27.9 Å². The van der Waals surface area contributed by atoms with E-state index in [-0.39, 0.29) is 5.91 Å². The molecule has 7 heteroatoms. The fraction of sp³-hybridized carbons (Fsp3) is 0.611. The third-order valence-corrected chi connectivity index (χ3v) is 4.50. The Morgan fingerprint density at radius 1 is 1.20 bits per heavy atom. The number of piperidine rings is 1. The molecular weight excluding hydrogens is 322 g/mol. The minimum Gasteiger partial charge on any atom is -0.493 e. The van der Waals surface area contributed by atoms with Gasteiger partial charge in [-0.1, -0.05) is 0 Å². The van der Waals surface area contributed by atoms with Gasteiger partial charge in [0.25, 0.3) is 0 Å². The Morgan fingerprint density at radius 2 is 1.88 bits per heavy atom. The number of benzene rings is 1. The van der Waals surface area contributed by atoms with Crippen LogP contribution in [0.25, 0.3) is 0 Å². The number of likely N-dealkylation sites (tertiary alicyclic amines) is 1. The lowest BCUT2D eigenvalue weighted by Gasteiger charge is -2.31. The smallest absolute Gasteiger partial charge is 0.234 e. The second-order valence-electron chi connectivity index (χ2n) is 6.17. The maximum Gasteiger partial charge on any atom is 0.234 e. The SMILES string of the molecule is CNC1CCCN(CC(=O)NCc2cc(OC)c(OC)c(OC)c2)C1. The number of rotatable bonds is 8. The molecule has 1 amide bonds. The third kappa shape index (κ3) is 5.24. The van der Waals surface area contributed by atoms with Gasteiger partial charge in [0, 0.05) is 19.1 Å². The number of likely N-dealkylation sites (N-methyl/N-ethyl adjacent to an activating group) is 1. The highest BCUT2D eigenvalue weighted by molar-refractivity contribution is 5.78. The molecule has 0 bridgehead atoms. The van der Waals surface area contributed by atoms with Crippen LogP contribution in [0.2, 0.25) is 0 Å². The highest BCUT2D eigenvalue weighted by Crippen LogP contribution is 2.38. The van der Waals surface area contributed by atoms with E-state index in [2.05, 4.69) is 15.5 Å². The fourth-order valence-electron chi connectivity index (χ4n) is 3.13. The molecule has 0 radical (unpaired) electrons. The molecule has 0 aromatic heterocycles. The predicted octanol–water partition coefficient (Wildman–Crippen LogP) is 1.01. The largest absolute Gasteiger partial charge is 0.493 e. The van der Waals surface area contributed by atoms with Crippen LogP contribution >= 0.6 is 0 Å². The topological polar surface area (TPSA) is 72.1 Å². The summed E-state index contributed by atoms with van der Waals surface area (Å²) in [6, 6.07) is 4.16. The molecule has 0 aliphatic carbocycles. The van der Waals surface area contributed by atoms with Gasteiger partial charge in [-0.25, -0.2) is 0 Å². The summed E-state index contributed by atoms with van der Waals surface area (Å²) in [6.07, 6.45) is 2.28. The van der Waals surface area contributed by atoms with E-state index in [1.165, 1.54) is 6.42 Å². The average molecular weight is 351 g/mol. The Labute approximate surface area is 149 Å². The van der Waals surface area contributed by atoms with Crippen molar-refractivity contribution in [2.75, 3.05) is 48.0 Å². The van der Waals surface area contributed by atoms with Gasteiger partial charge < -0.3 is 24.8 Å². The van der Waals surface area contributed by atoms with Crippen LogP contribution in [-0.4, -0.2) is 64.9 Å². The molecule has 1 unspecified atom stereocenters. The maximum atomic E-state index is 12.3. The third-order valence-electron chi connectivity index (χ3n) is 4.50. The van der Waals surface area contributed by atoms with Gasteiger partial charge in [-0.3, -0.25) is 9.69 Å². The Bertz CT molecular complexity index is 554. The predicted molar refractivity (Wildman–Crippen MR) is 96.5 cm³/mol. The molecule has 7 nitrogen and oxygen atoms in total. The first kappa shape index (κ1) is 19.3. The van der Waals surface area contributed by atoms with Crippen molar-refractivity contribution in [3.63, 3.8) is 0 Å².